The summed E-state index contributed by atoms with van der Waals surface area (Å²) >= 11 is 5.93. The number of hydrogen-bond donors (Lipinski definition) is 2. The second-order valence-corrected chi connectivity index (χ2v) is 5.50. The quantitative estimate of drug-likeness (QED) is 0.490. The topological polar surface area (TPSA) is 31.6 Å². The molecule has 0 saturated heterocycles. The largest absolute Gasteiger partial charge is 0.353 e. The summed E-state index contributed by atoms with van der Waals surface area (Å²) in [6.07, 6.45) is 0. The lowest BCUT2D eigenvalue weighted by Gasteiger charge is -1.98. The molecule has 4 aromatic rings. The van der Waals surface area contributed by atoms with Gasteiger partial charge >= 0.3 is 0 Å². The van der Waals surface area contributed by atoms with E-state index >= 15 is 0 Å². The average molecular weight is 293 g/mol. The Morgan fingerprint density at radius 2 is 1.43 bits per heavy atom. The predicted octanol–water partition coefficient (Wildman–Crippen LogP) is 5.48. The number of nitrogens with one attached hydrogen (secondary N) is 2. The van der Waals surface area contributed by atoms with Gasteiger partial charge in [-0.1, -0.05) is 41.9 Å². The molecule has 4 rings (SSSR count). The van der Waals surface area contributed by atoms with Crippen molar-refractivity contribution < 1.29 is 0 Å². The van der Waals surface area contributed by atoms with Crippen molar-refractivity contribution in [3.8, 4) is 22.6 Å². The Hall–Kier alpha value is -2.45. The molecule has 0 unspecified atom stereocenters. The number of hydrogen-bond acceptors (Lipinski definition) is 0. The lowest BCUT2D eigenvalue weighted by molar-refractivity contribution is 1.35. The second-order valence-electron chi connectivity index (χ2n) is 5.06. The molecular formula is C18H13ClN2. The minimum Gasteiger partial charge on any atom is -0.353 e. The summed E-state index contributed by atoms with van der Waals surface area (Å²) in [4.78, 5) is 6.89. The molecule has 0 fully saturated rings. The molecule has 0 aliphatic carbocycles. The summed E-state index contributed by atoms with van der Waals surface area (Å²) < 4.78 is 0. The third kappa shape index (κ3) is 2.24. The smallest absolute Gasteiger partial charge is 0.0630 e. The van der Waals surface area contributed by atoms with E-state index in [0.29, 0.717) is 0 Å². The minimum absolute atomic E-state index is 0.751. The number of aromatic nitrogens is 2. The summed E-state index contributed by atoms with van der Waals surface area (Å²) in [6, 6.07) is 22.5. The summed E-state index contributed by atoms with van der Waals surface area (Å²) in [6.45, 7) is 0. The van der Waals surface area contributed by atoms with Crippen LogP contribution >= 0.6 is 11.6 Å². The van der Waals surface area contributed by atoms with Gasteiger partial charge in [-0.3, -0.25) is 0 Å². The van der Waals surface area contributed by atoms with Crippen molar-refractivity contribution in [1.29, 1.82) is 0 Å². The van der Waals surface area contributed by atoms with Crippen LogP contribution < -0.4 is 0 Å². The monoisotopic (exact) mass is 292 g/mol. The van der Waals surface area contributed by atoms with Gasteiger partial charge in [0.1, 0.15) is 0 Å². The molecule has 0 atom stereocenters. The molecule has 0 saturated carbocycles. The van der Waals surface area contributed by atoms with Gasteiger partial charge in [-0.25, -0.2) is 0 Å². The van der Waals surface area contributed by atoms with Gasteiger partial charge in [-0.15, -0.1) is 0 Å². The van der Waals surface area contributed by atoms with Crippen LogP contribution in [0.25, 0.3) is 33.5 Å². The molecule has 102 valence electrons. The third-order valence-electron chi connectivity index (χ3n) is 3.66. The van der Waals surface area contributed by atoms with Gasteiger partial charge in [0.05, 0.1) is 11.4 Å². The van der Waals surface area contributed by atoms with Crippen molar-refractivity contribution >= 4 is 22.5 Å². The second kappa shape index (κ2) is 4.83. The van der Waals surface area contributed by atoms with Crippen LogP contribution in [0.5, 0.6) is 0 Å². The molecule has 0 radical (unpaired) electrons. The fraction of sp³-hybridized carbons (Fsp3) is 0. The standard InChI is InChI=1S/C18H13ClN2/c19-14-7-5-12(6-8-14)16-9-10-17(20-16)18-11-13-3-1-2-4-15(13)21-18/h1-11,20-21H. The van der Waals surface area contributed by atoms with Gasteiger partial charge < -0.3 is 9.97 Å². The highest BCUT2D eigenvalue weighted by molar-refractivity contribution is 6.30. The molecule has 0 bridgehead atoms. The van der Waals surface area contributed by atoms with Crippen LogP contribution in [0.15, 0.2) is 66.7 Å². The molecule has 21 heavy (non-hydrogen) atoms. The summed E-state index contributed by atoms with van der Waals surface area (Å²) in [5.41, 5.74) is 5.53. The normalized spacial score (nSPS) is 11.1. The van der Waals surface area contributed by atoms with E-state index in [1.54, 1.807) is 0 Å². The van der Waals surface area contributed by atoms with Crippen molar-refractivity contribution in [2.24, 2.45) is 0 Å². The van der Waals surface area contributed by atoms with Crippen LogP contribution in [-0.2, 0) is 0 Å². The number of rotatable bonds is 2. The van der Waals surface area contributed by atoms with Crippen molar-refractivity contribution in [2.75, 3.05) is 0 Å². The predicted molar refractivity (Wildman–Crippen MR) is 88.5 cm³/mol. The van der Waals surface area contributed by atoms with Crippen LogP contribution in [0.1, 0.15) is 0 Å². The van der Waals surface area contributed by atoms with Gasteiger partial charge in [0.25, 0.3) is 0 Å². The first-order chi connectivity index (χ1) is 10.3. The van der Waals surface area contributed by atoms with Crippen molar-refractivity contribution in [1.82, 2.24) is 9.97 Å². The molecule has 3 heteroatoms. The van der Waals surface area contributed by atoms with Crippen LogP contribution in [0.3, 0.4) is 0 Å². The van der Waals surface area contributed by atoms with Crippen molar-refractivity contribution in [3.63, 3.8) is 0 Å². The molecule has 2 heterocycles. The number of H-pyrrole nitrogens is 2. The first-order valence-corrected chi connectivity index (χ1v) is 7.20. The summed E-state index contributed by atoms with van der Waals surface area (Å²) in [5.74, 6) is 0. The Morgan fingerprint density at radius 3 is 2.24 bits per heavy atom. The van der Waals surface area contributed by atoms with Crippen LogP contribution in [0.2, 0.25) is 5.02 Å². The Labute approximate surface area is 127 Å². The van der Waals surface area contributed by atoms with Gasteiger partial charge in [0, 0.05) is 21.6 Å². The van der Waals surface area contributed by atoms with E-state index in [4.69, 9.17) is 11.6 Å². The number of aromatic amines is 2. The first-order valence-electron chi connectivity index (χ1n) is 6.83. The Balaban J connectivity index is 1.75. The maximum absolute atomic E-state index is 5.93. The van der Waals surface area contributed by atoms with E-state index in [0.717, 1.165) is 33.2 Å². The molecule has 0 aliphatic heterocycles. The molecule has 0 spiro atoms. The first kappa shape index (κ1) is 12.3. The highest BCUT2D eigenvalue weighted by Crippen LogP contribution is 2.27. The molecule has 2 N–H and O–H groups in total. The number of para-hydroxylation sites is 1. The summed E-state index contributed by atoms with van der Waals surface area (Å²) in [5, 5.41) is 1.97. The highest BCUT2D eigenvalue weighted by Gasteiger charge is 2.06. The number of benzene rings is 2. The molecule has 0 aliphatic rings. The van der Waals surface area contributed by atoms with Gasteiger partial charge in [0.2, 0.25) is 0 Å². The number of fused-ring (bicyclic) bond motifs is 1. The molecule has 2 aromatic heterocycles. The van der Waals surface area contributed by atoms with E-state index in [9.17, 15) is 0 Å². The van der Waals surface area contributed by atoms with E-state index < -0.39 is 0 Å². The Morgan fingerprint density at radius 1 is 0.667 bits per heavy atom. The lowest BCUT2D eigenvalue weighted by atomic mass is 10.2. The van der Waals surface area contributed by atoms with Crippen molar-refractivity contribution in [3.05, 3.63) is 71.8 Å². The van der Waals surface area contributed by atoms with Crippen LogP contribution in [0, 0.1) is 0 Å². The maximum Gasteiger partial charge on any atom is 0.0630 e. The third-order valence-corrected chi connectivity index (χ3v) is 3.91. The molecule has 2 aromatic carbocycles. The minimum atomic E-state index is 0.751. The zero-order chi connectivity index (χ0) is 14.2. The SMILES string of the molecule is Clc1ccc(-c2ccc(-c3cc4ccccc4[nH]3)[nH]2)cc1. The van der Waals surface area contributed by atoms with E-state index in [-0.39, 0.29) is 0 Å². The fourth-order valence-electron chi connectivity index (χ4n) is 2.57. The van der Waals surface area contributed by atoms with E-state index in [1.165, 1.54) is 5.39 Å². The van der Waals surface area contributed by atoms with Crippen LogP contribution in [0.4, 0.5) is 0 Å². The average Bonchev–Trinajstić information content (AvgIpc) is 3.14. The molecular weight excluding hydrogens is 280 g/mol. The number of halogens is 1. The van der Waals surface area contributed by atoms with E-state index in [2.05, 4.69) is 40.3 Å². The van der Waals surface area contributed by atoms with Crippen LogP contribution in [-0.4, -0.2) is 9.97 Å². The van der Waals surface area contributed by atoms with Gasteiger partial charge in [-0.2, -0.15) is 0 Å². The highest BCUT2D eigenvalue weighted by atomic mass is 35.5. The Kier molecular flexibility index (Phi) is 2.83. The van der Waals surface area contributed by atoms with Gasteiger partial charge in [0.15, 0.2) is 0 Å². The fourth-order valence-corrected chi connectivity index (χ4v) is 2.69. The summed E-state index contributed by atoms with van der Waals surface area (Å²) in [7, 11) is 0. The molecule has 0 amide bonds. The van der Waals surface area contributed by atoms with E-state index in [1.807, 2.05) is 36.4 Å². The molecule has 2 nitrogen and oxygen atoms in total. The van der Waals surface area contributed by atoms with Crippen molar-refractivity contribution in [2.45, 2.75) is 0 Å². The zero-order valence-electron chi connectivity index (χ0n) is 11.2. The van der Waals surface area contributed by atoms with Gasteiger partial charge in [-0.05, 0) is 42.0 Å². The maximum atomic E-state index is 5.93. The Bertz CT molecular complexity index is 867. The lowest BCUT2D eigenvalue weighted by Crippen LogP contribution is -1.79. The zero-order valence-corrected chi connectivity index (χ0v) is 12.0.